The molecular weight excluding hydrogens is 288 g/mol. The maximum absolute atomic E-state index is 12.1. The third kappa shape index (κ3) is 4.13. The van der Waals surface area contributed by atoms with Gasteiger partial charge in [-0.05, 0) is 18.1 Å². The first kappa shape index (κ1) is 15.7. The molecule has 0 spiro atoms. The van der Waals surface area contributed by atoms with Crippen LogP contribution in [-0.4, -0.2) is 18.2 Å². The monoisotopic (exact) mass is 308 g/mol. The number of rotatable bonds is 6. The Bertz CT molecular complexity index is 705. The topological polar surface area (TPSA) is 90.0 Å². The molecule has 7 heteroatoms. The molecule has 0 aliphatic rings. The largest absolute Gasteiger partial charge is 0.326 e. The van der Waals surface area contributed by atoms with Gasteiger partial charge >= 0.3 is 0 Å². The van der Waals surface area contributed by atoms with E-state index in [4.69, 9.17) is 5.73 Å². The molecule has 0 atom stereocenters. The minimum absolute atomic E-state index is 0.0445. The number of aryl methyl sites for hydroxylation is 1. The maximum atomic E-state index is 12.1. The van der Waals surface area contributed by atoms with Crippen molar-refractivity contribution in [2.75, 3.05) is 0 Å². The average molecular weight is 308 g/mol. The first-order chi connectivity index (χ1) is 9.91. The molecule has 2 aromatic rings. The highest BCUT2D eigenvalue weighted by Gasteiger charge is 2.13. The van der Waals surface area contributed by atoms with E-state index in [1.807, 2.05) is 26.1 Å². The molecule has 0 aliphatic heterocycles. The third-order valence-corrected chi connectivity index (χ3v) is 4.73. The molecule has 1 aromatic heterocycles. The van der Waals surface area contributed by atoms with Crippen LogP contribution in [-0.2, 0) is 35.9 Å². The van der Waals surface area contributed by atoms with Crippen LogP contribution >= 0.6 is 0 Å². The molecule has 1 aromatic carbocycles. The van der Waals surface area contributed by atoms with Gasteiger partial charge in [0.05, 0.1) is 11.9 Å². The number of nitrogens with zero attached hydrogens (tertiary/aromatic N) is 2. The van der Waals surface area contributed by atoms with Gasteiger partial charge < -0.3 is 5.73 Å². The Labute approximate surface area is 125 Å². The summed E-state index contributed by atoms with van der Waals surface area (Å²) >= 11 is 0. The summed E-state index contributed by atoms with van der Waals surface area (Å²) in [5.74, 6) is -0.0445. The molecule has 0 radical (unpaired) electrons. The van der Waals surface area contributed by atoms with Crippen molar-refractivity contribution in [3.63, 3.8) is 0 Å². The van der Waals surface area contributed by atoms with E-state index in [9.17, 15) is 8.42 Å². The second kappa shape index (κ2) is 6.38. The van der Waals surface area contributed by atoms with E-state index in [2.05, 4.69) is 9.82 Å². The zero-order valence-electron chi connectivity index (χ0n) is 12.2. The summed E-state index contributed by atoms with van der Waals surface area (Å²) < 4.78 is 28.5. The molecule has 21 heavy (non-hydrogen) atoms. The molecule has 1 heterocycles. The molecule has 0 amide bonds. The number of sulfonamides is 1. The average Bonchev–Trinajstić information content (AvgIpc) is 2.77. The van der Waals surface area contributed by atoms with Gasteiger partial charge in [-0.3, -0.25) is 4.68 Å². The van der Waals surface area contributed by atoms with E-state index < -0.39 is 10.0 Å². The van der Waals surface area contributed by atoms with Crippen molar-refractivity contribution in [3.05, 3.63) is 52.8 Å². The molecular formula is C14H20N4O2S. The Morgan fingerprint density at radius 1 is 1.24 bits per heavy atom. The van der Waals surface area contributed by atoms with E-state index in [1.165, 1.54) is 0 Å². The standard InChI is InChI=1S/C14H20N4O2S/c1-11-14(8-16-18(11)2)9-17-21(19,20)10-13-5-3-12(7-15)4-6-13/h3-6,8,17H,7,9-10,15H2,1-2H3. The maximum Gasteiger partial charge on any atom is 0.216 e. The van der Waals surface area contributed by atoms with Crippen molar-refractivity contribution >= 4 is 10.0 Å². The van der Waals surface area contributed by atoms with Crippen molar-refractivity contribution < 1.29 is 8.42 Å². The highest BCUT2D eigenvalue weighted by atomic mass is 32.2. The van der Waals surface area contributed by atoms with Gasteiger partial charge in [-0.15, -0.1) is 0 Å². The minimum Gasteiger partial charge on any atom is -0.326 e. The van der Waals surface area contributed by atoms with Crippen molar-refractivity contribution in [2.45, 2.75) is 25.8 Å². The van der Waals surface area contributed by atoms with Crippen molar-refractivity contribution in [2.24, 2.45) is 12.8 Å². The van der Waals surface area contributed by atoms with Crippen molar-refractivity contribution in [1.29, 1.82) is 0 Å². The summed E-state index contributed by atoms with van der Waals surface area (Å²) in [6.07, 6.45) is 1.67. The van der Waals surface area contributed by atoms with Gasteiger partial charge in [0.1, 0.15) is 0 Å². The summed E-state index contributed by atoms with van der Waals surface area (Å²) in [5.41, 5.74) is 9.06. The van der Waals surface area contributed by atoms with Gasteiger partial charge in [-0.25, -0.2) is 13.1 Å². The number of nitrogens with two attached hydrogens (primary N) is 1. The van der Waals surface area contributed by atoms with Crippen LogP contribution < -0.4 is 10.5 Å². The Morgan fingerprint density at radius 3 is 2.38 bits per heavy atom. The zero-order chi connectivity index (χ0) is 15.5. The summed E-state index contributed by atoms with van der Waals surface area (Å²) in [6.45, 7) is 2.61. The molecule has 0 unspecified atom stereocenters. The predicted octanol–water partition coefficient (Wildman–Crippen LogP) is 0.807. The van der Waals surface area contributed by atoms with E-state index in [-0.39, 0.29) is 12.3 Å². The molecule has 0 fully saturated rings. The fourth-order valence-corrected chi connectivity index (χ4v) is 3.06. The molecule has 0 saturated heterocycles. The van der Waals surface area contributed by atoms with Gasteiger partial charge in [0, 0.05) is 31.4 Å². The molecule has 2 rings (SSSR count). The fourth-order valence-electron chi connectivity index (χ4n) is 1.95. The second-order valence-corrected chi connectivity index (χ2v) is 6.79. The first-order valence-corrected chi connectivity index (χ1v) is 8.29. The van der Waals surface area contributed by atoms with Crippen LogP contribution in [0, 0.1) is 6.92 Å². The van der Waals surface area contributed by atoms with Gasteiger partial charge in [0.25, 0.3) is 0 Å². The predicted molar refractivity (Wildman–Crippen MR) is 81.7 cm³/mol. The molecule has 6 nitrogen and oxygen atoms in total. The molecule has 114 valence electrons. The quantitative estimate of drug-likeness (QED) is 0.826. The molecule has 0 aliphatic carbocycles. The lowest BCUT2D eigenvalue weighted by molar-refractivity contribution is 0.580. The summed E-state index contributed by atoms with van der Waals surface area (Å²) in [5, 5.41) is 4.09. The highest BCUT2D eigenvalue weighted by molar-refractivity contribution is 7.88. The number of hydrogen-bond donors (Lipinski definition) is 2. The normalized spacial score (nSPS) is 11.8. The number of benzene rings is 1. The number of hydrogen-bond acceptors (Lipinski definition) is 4. The molecule has 3 N–H and O–H groups in total. The first-order valence-electron chi connectivity index (χ1n) is 6.64. The van der Waals surface area contributed by atoms with Crippen LogP contribution in [0.2, 0.25) is 0 Å². The van der Waals surface area contributed by atoms with Crippen LogP contribution in [0.3, 0.4) is 0 Å². The van der Waals surface area contributed by atoms with Crippen LogP contribution in [0.4, 0.5) is 0 Å². The Kier molecular flexibility index (Phi) is 4.76. The number of nitrogens with one attached hydrogen (secondary N) is 1. The summed E-state index contributed by atoms with van der Waals surface area (Å²) in [4.78, 5) is 0. The van der Waals surface area contributed by atoms with E-state index in [1.54, 1.807) is 23.0 Å². The SMILES string of the molecule is Cc1c(CNS(=O)(=O)Cc2ccc(CN)cc2)cnn1C. The fraction of sp³-hybridized carbons (Fsp3) is 0.357. The van der Waals surface area contributed by atoms with E-state index in [0.717, 1.165) is 22.4 Å². The lowest BCUT2D eigenvalue weighted by Crippen LogP contribution is -2.25. The lowest BCUT2D eigenvalue weighted by atomic mass is 10.1. The Morgan fingerprint density at radius 2 is 1.86 bits per heavy atom. The van der Waals surface area contributed by atoms with Crippen LogP contribution in [0.15, 0.2) is 30.5 Å². The molecule has 0 saturated carbocycles. The Balaban J connectivity index is 1.99. The number of aromatic nitrogens is 2. The highest BCUT2D eigenvalue weighted by Crippen LogP contribution is 2.09. The second-order valence-electron chi connectivity index (χ2n) is 4.98. The van der Waals surface area contributed by atoms with E-state index in [0.29, 0.717) is 6.54 Å². The Hall–Kier alpha value is -1.70. The lowest BCUT2D eigenvalue weighted by Gasteiger charge is -2.07. The van der Waals surface area contributed by atoms with Gasteiger partial charge in [0.2, 0.25) is 10.0 Å². The summed E-state index contributed by atoms with van der Waals surface area (Å²) in [6, 6.07) is 7.26. The smallest absolute Gasteiger partial charge is 0.216 e. The zero-order valence-corrected chi connectivity index (χ0v) is 13.0. The van der Waals surface area contributed by atoms with Crippen LogP contribution in [0.1, 0.15) is 22.4 Å². The minimum atomic E-state index is -3.38. The third-order valence-electron chi connectivity index (χ3n) is 3.43. The van der Waals surface area contributed by atoms with Gasteiger partial charge in [-0.1, -0.05) is 24.3 Å². The van der Waals surface area contributed by atoms with Gasteiger partial charge in [0.15, 0.2) is 0 Å². The van der Waals surface area contributed by atoms with Crippen LogP contribution in [0.5, 0.6) is 0 Å². The van der Waals surface area contributed by atoms with Crippen LogP contribution in [0.25, 0.3) is 0 Å². The molecule has 0 bridgehead atoms. The van der Waals surface area contributed by atoms with E-state index >= 15 is 0 Å². The van der Waals surface area contributed by atoms with Crippen molar-refractivity contribution in [1.82, 2.24) is 14.5 Å². The summed E-state index contributed by atoms with van der Waals surface area (Å²) in [7, 11) is -1.55. The van der Waals surface area contributed by atoms with Gasteiger partial charge in [-0.2, -0.15) is 5.10 Å². The van der Waals surface area contributed by atoms with Crippen molar-refractivity contribution in [3.8, 4) is 0 Å².